The number of aliphatic hydroxyl groups is 1. The smallest absolute Gasteiger partial charge is 0.388 e. The van der Waals surface area contributed by atoms with Gasteiger partial charge in [-0.1, -0.05) is 18.2 Å². The van der Waals surface area contributed by atoms with Crippen molar-refractivity contribution in [3.8, 4) is 5.88 Å². The molecule has 1 atom stereocenters. The molecule has 26 heavy (non-hydrogen) atoms. The summed E-state index contributed by atoms with van der Waals surface area (Å²) in [6.45, 7) is -1.92. The first-order valence-corrected chi connectivity index (χ1v) is 7.62. The molecule has 1 aliphatic heterocycles. The van der Waals surface area contributed by atoms with Crippen molar-refractivity contribution < 1.29 is 32.2 Å². The molecule has 2 aromatic rings. The third-order valence-corrected chi connectivity index (χ3v) is 3.99. The lowest BCUT2D eigenvalue weighted by Gasteiger charge is -2.17. The van der Waals surface area contributed by atoms with Crippen LogP contribution in [0.2, 0.25) is 0 Å². The van der Waals surface area contributed by atoms with Gasteiger partial charge in [0.2, 0.25) is 5.88 Å². The highest BCUT2D eigenvalue weighted by Gasteiger charge is 2.54. The van der Waals surface area contributed by atoms with Crippen LogP contribution in [0.25, 0.3) is 0 Å². The summed E-state index contributed by atoms with van der Waals surface area (Å²) in [5.74, 6) is -5.51. The molecule has 0 saturated heterocycles. The van der Waals surface area contributed by atoms with Gasteiger partial charge in [-0.15, -0.1) is 0 Å². The monoisotopic (exact) mass is 370 g/mol. The summed E-state index contributed by atoms with van der Waals surface area (Å²) in [5.41, 5.74) is -0.204. The number of amides is 1. The van der Waals surface area contributed by atoms with Gasteiger partial charge in [-0.05, 0) is 24.1 Å². The number of aromatic nitrogens is 1. The van der Waals surface area contributed by atoms with Gasteiger partial charge in [0.1, 0.15) is 0 Å². The molecule has 1 aromatic heterocycles. The average Bonchev–Trinajstić information content (AvgIpc) is 2.77. The SMILES string of the molecule is C[C@H](O)c1cccc2c1C(F)(F)C(=O)N2Cc1ccc(OC(F)F)nc1. The van der Waals surface area contributed by atoms with Crippen LogP contribution in [0.3, 0.4) is 0 Å². The van der Waals surface area contributed by atoms with Crippen molar-refractivity contribution in [2.24, 2.45) is 0 Å². The maximum Gasteiger partial charge on any atom is 0.388 e. The predicted octanol–water partition coefficient (Wildman–Crippen LogP) is 3.37. The predicted molar refractivity (Wildman–Crippen MR) is 83.0 cm³/mol. The number of aliphatic hydroxyl groups excluding tert-OH is 1. The zero-order valence-corrected chi connectivity index (χ0v) is 13.5. The summed E-state index contributed by atoms with van der Waals surface area (Å²) in [6, 6.07) is 6.69. The maximum absolute atomic E-state index is 14.5. The fraction of sp³-hybridized carbons (Fsp3) is 0.294. The number of nitrogens with zero attached hydrogens (tertiary/aromatic N) is 2. The molecule has 0 saturated carbocycles. The van der Waals surface area contributed by atoms with Gasteiger partial charge >= 0.3 is 18.4 Å². The molecule has 9 heteroatoms. The highest BCUT2D eigenvalue weighted by molar-refractivity contribution is 6.06. The Morgan fingerprint density at radius 3 is 2.58 bits per heavy atom. The van der Waals surface area contributed by atoms with Crippen molar-refractivity contribution in [2.75, 3.05) is 4.90 Å². The van der Waals surface area contributed by atoms with E-state index in [4.69, 9.17) is 0 Å². The summed E-state index contributed by atoms with van der Waals surface area (Å²) in [5, 5.41) is 9.74. The quantitative estimate of drug-likeness (QED) is 0.820. The third kappa shape index (κ3) is 3.10. The number of carbonyl (C=O) groups excluding carboxylic acids is 1. The molecule has 138 valence electrons. The average molecular weight is 370 g/mol. The van der Waals surface area contributed by atoms with Crippen molar-refractivity contribution in [3.63, 3.8) is 0 Å². The standard InChI is InChI=1S/C17H14F4N2O3/c1-9(24)11-3-2-4-12-14(11)17(20,21)15(25)23(12)8-10-5-6-13(22-7-10)26-16(18)19/h2-7,9,16,24H,8H2,1H3/t9-/m0/s1. The van der Waals surface area contributed by atoms with E-state index in [0.717, 1.165) is 11.0 Å². The molecule has 0 aliphatic carbocycles. The van der Waals surface area contributed by atoms with Crippen LogP contribution in [0.5, 0.6) is 5.88 Å². The summed E-state index contributed by atoms with van der Waals surface area (Å²) >= 11 is 0. The molecule has 0 fully saturated rings. The highest BCUT2D eigenvalue weighted by atomic mass is 19.3. The van der Waals surface area contributed by atoms with Crippen LogP contribution in [0.4, 0.5) is 23.2 Å². The van der Waals surface area contributed by atoms with Gasteiger partial charge in [-0.25, -0.2) is 4.98 Å². The van der Waals surface area contributed by atoms with Gasteiger partial charge in [0.05, 0.1) is 23.9 Å². The number of ether oxygens (including phenoxy) is 1. The number of hydrogen-bond donors (Lipinski definition) is 1. The Bertz CT molecular complexity index is 825. The van der Waals surface area contributed by atoms with Crippen LogP contribution in [0.15, 0.2) is 36.5 Å². The van der Waals surface area contributed by atoms with Gasteiger partial charge in [0.25, 0.3) is 0 Å². The number of pyridine rings is 1. The summed E-state index contributed by atoms with van der Waals surface area (Å²) in [4.78, 5) is 16.8. The van der Waals surface area contributed by atoms with Crippen LogP contribution in [-0.4, -0.2) is 22.6 Å². The number of halogens is 4. The first-order valence-electron chi connectivity index (χ1n) is 7.62. The van der Waals surface area contributed by atoms with Gasteiger partial charge < -0.3 is 14.7 Å². The Morgan fingerprint density at radius 2 is 2.00 bits per heavy atom. The van der Waals surface area contributed by atoms with E-state index >= 15 is 0 Å². The maximum atomic E-state index is 14.5. The van der Waals surface area contributed by atoms with Crippen LogP contribution in [0, 0.1) is 0 Å². The molecule has 0 spiro atoms. The van der Waals surface area contributed by atoms with Crippen LogP contribution < -0.4 is 9.64 Å². The molecule has 5 nitrogen and oxygen atoms in total. The molecule has 3 rings (SSSR count). The van der Waals surface area contributed by atoms with Gasteiger partial charge in [-0.3, -0.25) is 4.79 Å². The van der Waals surface area contributed by atoms with Crippen LogP contribution in [0.1, 0.15) is 29.7 Å². The molecule has 1 N–H and O–H groups in total. The van der Waals surface area contributed by atoms with Crippen molar-refractivity contribution >= 4 is 11.6 Å². The number of carbonyl (C=O) groups is 1. The lowest BCUT2D eigenvalue weighted by molar-refractivity contribution is -0.141. The molecular weight excluding hydrogens is 356 g/mol. The lowest BCUT2D eigenvalue weighted by Crippen LogP contribution is -2.34. The topological polar surface area (TPSA) is 62.7 Å². The second-order valence-electron chi connectivity index (χ2n) is 5.77. The second kappa shape index (κ2) is 6.56. The Morgan fingerprint density at radius 1 is 1.27 bits per heavy atom. The van der Waals surface area contributed by atoms with Crippen LogP contribution in [-0.2, 0) is 17.3 Å². The van der Waals surface area contributed by atoms with E-state index in [1.165, 1.54) is 37.4 Å². The number of fused-ring (bicyclic) bond motifs is 1. The molecule has 1 aromatic carbocycles. The largest absolute Gasteiger partial charge is 0.417 e. The Labute approximate surface area is 145 Å². The van der Waals surface area contributed by atoms with Crippen molar-refractivity contribution in [1.82, 2.24) is 4.98 Å². The number of anilines is 1. The minimum atomic E-state index is -3.77. The fourth-order valence-electron chi connectivity index (χ4n) is 2.86. The zero-order chi connectivity index (χ0) is 19.1. The Kier molecular flexibility index (Phi) is 4.57. The van der Waals surface area contributed by atoms with Crippen molar-refractivity contribution in [1.29, 1.82) is 0 Å². The van der Waals surface area contributed by atoms with E-state index in [1.54, 1.807) is 0 Å². The molecule has 2 heterocycles. The first-order chi connectivity index (χ1) is 12.2. The Balaban J connectivity index is 1.93. The fourth-order valence-corrected chi connectivity index (χ4v) is 2.86. The van der Waals surface area contributed by atoms with Gasteiger partial charge in [0, 0.05) is 12.3 Å². The van der Waals surface area contributed by atoms with Crippen molar-refractivity contribution in [2.45, 2.75) is 32.1 Å². The third-order valence-electron chi connectivity index (χ3n) is 3.99. The van der Waals surface area contributed by atoms with E-state index in [-0.39, 0.29) is 23.7 Å². The summed E-state index contributed by atoms with van der Waals surface area (Å²) < 4.78 is 57.4. The highest BCUT2D eigenvalue weighted by Crippen LogP contribution is 2.47. The number of rotatable bonds is 5. The van der Waals surface area contributed by atoms with Gasteiger partial charge in [0.15, 0.2) is 0 Å². The lowest BCUT2D eigenvalue weighted by atomic mass is 9.98. The summed E-state index contributed by atoms with van der Waals surface area (Å²) in [6.07, 6.45) is -0.00403. The minimum Gasteiger partial charge on any atom is -0.417 e. The molecule has 1 aliphatic rings. The van der Waals surface area contributed by atoms with Crippen LogP contribution >= 0.6 is 0 Å². The minimum absolute atomic E-state index is 0.00805. The molecule has 0 unspecified atom stereocenters. The van der Waals surface area contributed by atoms with E-state index in [9.17, 15) is 27.5 Å². The number of alkyl halides is 4. The van der Waals surface area contributed by atoms with E-state index < -0.39 is 30.1 Å². The number of hydrogen-bond acceptors (Lipinski definition) is 4. The normalized spacial score (nSPS) is 16.7. The van der Waals surface area contributed by atoms with Gasteiger partial charge in [-0.2, -0.15) is 17.6 Å². The number of benzene rings is 1. The molecule has 1 amide bonds. The molecule has 0 bridgehead atoms. The zero-order valence-electron chi connectivity index (χ0n) is 13.5. The first kappa shape index (κ1) is 18.1. The van der Waals surface area contributed by atoms with E-state index in [0.29, 0.717) is 5.56 Å². The van der Waals surface area contributed by atoms with E-state index in [2.05, 4.69) is 9.72 Å². The summed E-state index contributed by atoms with van der Waals surface area (Å²) in [7, 11) is 0. The Hall–Kier alpha value is -2.68. The molecular formula is C17H14F4N2O3. The van der Waals surface area contributed by atoms with Crippen molar-refractivity contribution in [3.05, 3.63) is 53.2 Å². The second-order valence-corrected chi connectivity index (χ2v) is 5.77. The molecule has 0 radical (unpaired) electrons. The van der Waals surface area contributed by atoms with E-state index in [1.807, 2.05) is 0 Å².